The number of rotatable bonds is 1. The van der Waals surface area contributed by atoms with Gasteiger partial charge in [-0.05, 0) is 35.1 Å². The van der Waals surface area contributed by atoms with Crippen molar-refractivity contribution in [3.8, 4) is 11.1 Å². The highest BCUT2D eigenvalue weighted by Gasteiger charge is 2.43. The summed E-state index contributed by atoms with van der Waals surface area (Å²) in [4.78, 5) is 0. The largest absolute Gasteiger partial charge is 0.380 e. The Bertz CT molecular complexity index is 582. The number of fused-ring (bicyclic) bond motifs is 1. The molecule has 1 heteroatoms. The molecule has 1 aliphatic carbocycles. The second-order valence-corrected chi connectivity index (χ2v) is 5.70. The van der Waals surface area contributed by atoms with Crippen LogP contribution >= 0.6 is 0 Å². The first kappa shape index (κ1) is 10.3. The van der Waals surface area contributed by atoms with Gasteiger partial charge in [0.05, 0.1) is 13.2 Å². The van der Waals surface area contributed by atoms with Gasteiger partial charge in [0.2, 0.25) is 0 Å². The molecule has 2 aliphatic rings. The Morgan fingerprint density at radius 3 is 2.28 bits per heavy atom. The Kier molecular flexibility index (Phi) is 2.12. The van der Waals surface area contributed by atoms with Crippen molar-refractivity contribution in [1.82, 2.24) is 0 Å². The molecular weight excluding hydrogens is 220 g/mol. The molecule has 0 saturated carbocycles. The van der Waals surface area contributed by atoms with Crippen molar-refractivity contribution in [3.63, 3.8) is 0 Å². The first-order valence-corrected chi connectivity index (χ1v) is 6.60. The predicted octanol–water partition coefficient (Wildman–Crippen LogP) is 3.47. The third kappa shape index (κ3) is 1.51. The Balaban J connectivity index is 1.72. The van der Waals surface area contributed by atoms with Gasteiger partial charge in [0, 0.05) is 5.41 Å². The van der Waals surface area contributed by atoms with Crippen LogP contribution in [0.5, 0.6) is 0 Å². The van der Waals surface area contributed by atoms with Crippen molar-refractivity contribution in [1.29, 1.82) is 0 Å². The summed E-state index contributed by atoms with van der Waals surface area (Å²) in [5.74, 6) is 0. The molecule has 1 saturated heterocycles. The van der Waals surface area contributed by atoms with Gasteiger partial charge in [0.1, 0.15) is 0 Å². The summed E-state index contributed by atoms with van der Waals surface area (Å²) in [5.41, 5.74) is 6.15. The van der Waals surface area contributed by atoms with Crippen LogP contribution in [0.4, 0.5) is 0 Å². The van der Waals surface area contributed by atoms with Crippen molar-refractivity contribution < 1.29 is 4.74 Å². The summed E-state index contributed by atoms with van der Waals surface area (Å²) in [5, 5.41) is 0. The molecule has 1 aliphatic heterocycles. The fourth-order valence-corrected chi connectivity index (χ4v) is 3.24. The number of benzene rings is 2. The van der Waals surface area contributed by atoms with Crippen LogP contribution in [0.15, 0.2) is 48.5 Å². The van der Waals surface area contributed by atoms with Gasteiger partial charge in [-0.25, -0.2) is 0 Å². The molecule has 0 amide bonds. The summed E-state index contributed by atoms with van der Waals surface area (Å²) in [6.45, 7) is 1.89. The molecule has 1 nitrogen and oxygen atoms in total. The lowest BCUT2D eigenvalue weighted by Gasteiger charge is -2.37. The van der Waals surface area contributed by atoms with E-state index < -0.39 is 0 Å². The van der Waals surface area contributed by atoms with E-state index in [-0.39, 0.29) is 0 Å². The van der Waals surface area contributed by atoms with Gasteiger partial charge < -0.3 is 4.74 Å². The molecule has 90 valence electrons. The minimum Gasteiger partial charge on any atom is -0.380 e. The average molecular weight is 236 g/mol. The second kappa shape index (κ2) is 3.69. The molecule has 2 aromatic rings. The Morgan fingerprint density at radius 1 is 0.778 bits per heavy atom. The van der Waals surface area contributed by atoms with E-state index >= 15 is 0 Å². The summed E-state index contributed by atoms with van der Waals surface area (Å²) in [7, 11) is 0. The molecule has 0 N–H and O–H groups in total. The molecule has 4 rings (SSSR count). The quantitative estimate of drug-likeness (QED) is 0.736. The van der Waals surface area contributed by atoms with Gasteiger partial charge in [-0.1, -0.05) is 48.5 Å². The van der Waals surface area contributed by atoms with Crippen LogP contribution in [0, 0.1) is 5.41 Å². The molecule has 1 heterocycles. The minimum absolute atomic E-state index is 0.442. The highest BCUT2D eigenvalue weighted by atomic mass is 16.5. The van der Waals surface area contributed by atoms with Gasteiger partial charge in [-0.2, -0.15) is 0 Å². The Morgan fingerprint density at radius 2 is 1.56 bits per heavy atom. The van der Waals surface area contributed by atoms with E-state index in [1.165, 1.54) is 35.1 Å². The van der Waals surface area contributed by atoms with E-state index in [2.05, 4.69) is 48.5 Å². The maximum Gasteiger partial charge on any atom is 0.0551 e. The normalized spacial score (nSPS) is 19.6. The molecule has 1 spiro atoms. The standard InChI is InChI=1S/C17H16O/c1-2-4-13(5-3-1)14-6-7-15-9-17(11-18-12-17)10-16(15)8-14/h1-8H,9-12H2. The SMILES string of the molecule is c1ccc(-c2ccc3c(c2)CC2(COC2)C3)cc1. The van der Waals surface area contributed by atoms with Crippen LogP contribution in [0.1, 0.15) is 11.1 Å². The molecule has 0 bridgehead atoms. The van der Waals surface area contributed by atoms with Gasteiger partial charge in [0.15, 0.2) is 0 Å². The maximum absolute atomic E-state index is 5.41. The highest BCUT2D eigenvalue weighted by molar-refractivity contribution is 5.65. The van der Waals surface area contributed by atoms with Crippen molar-refractivity contribution in [2.45, 2.75) is 12.8 Å². The molecule has 1 fully saturated rings. The summed E-state index contributed by atoms with van der Waals surface area (Å²) >= 11 is 0. The van der Waals surface area contributed by atoms with Crippen molar-refractivity contribution in [2.75, 3.05) is 13.2 Å². The van der Waals surface area contributed by atoms with E-state index in [0.29, 0.717) is 5.41 Å². The zero-order chi connectivity index (χ0) is 12.0. The van der Waals surface area contributed by atoms with Gasteiger partial charge >= 0.3 is 0 Å². The number of hydrogen-bond acceptors (Lipinski definition) is 1. The molecule has 2 aromatic carbocycles. The average Bonchev–Trinajstić information content (AvgIpc) is 2.78. The van der Waals surface area contributed by atoms with E-state index in [1.54, 1.807) is 0 Å². The molecule has 18 heavy (non-hydrogen) atoms. The molecule has 0 atom stereocenters. The maximum atomic E-state index is 5.41. The fraction of sp³-hybridized carbons (Fsp3) is 0.294. The minimum atomic E-state index is 0.442. The molecular formula is C17H16O. The predicted molar refractivity (Wildman–Crippen MR) is 72.5 cm³/mol. The lowest BCUT2D eigenvalue weighted by molar-refractivity contribution is -0.106. The summed E-state index contributed by atoms with van der Waals surface area (Å²) in [6.07, 6.45) is 2.40. The second-order valence-electron chi connectivity index (χ2n) is 5.70. The van der Waals surface area contributed by atoms with Crippen LogP contribution in [0.2, 0.25) is 0 Å². The van der Waals surface area contributed by atoms with Crippen LogP contribution in [-0.2, 0) is 17.6 Å². The zero-order valence-electron chi connectivity index (χ0n) is 10.4. The van der Waals surface area contributed by atoms with Crippen LogP contribution < -0.4 is 0 Å². The molecule has 0 unspecified atom stereocenters. The number of ether oxygens (including phenoxy) is 1. The summed E-state index contributed by atoms with van der Waals surface area (Å²) in [6, 6.07) is 17.6. The van der Waals surface area contributed by atoms with E-state index in [4.69, 9.17) is 4.74 Å². The van der Waals surface area contributed by atoms with Crippen molar-refractivity contribution >= 4 is 0 Å². The fourth-order valence-electron chi connectivity index (χ4n) is 3.24. The van der Waals surface area contributed by atoms with Crippen LogP contribution in [0.25, 0.3) is 11.1 Å². The lowest BCUT2D eigenvalue weighted by atomic mass is 9.83. The highest BCUT2D eigenvalue weighted by Crippen LogP contribution is 2.43. The van der Waals surface area contributed by atoms with Gasteiger partial charge in [-0.3, -0.25) is 0 Å². The van der Waals surface area contributed by atoms with Gasteiger partial charge in [-0.15, -0.1) is 0 Å². The van der Waals surface area contributed by atoms with E-state index in [9.17, 15) is 0 Å². The summed E-state index contributed by atoms with van der Waals surface area (Å²) < 4.78 is 5.41. The third-order valence-corrected chi connectivity index (χ3v) is 4.26. The topological polar surface area (TPSA) is 9.23 Å². The zero-order valence-corrected chi connectivity index (χ0v) is 10.4. The molecule has 0 radical (unpaired) electrons. The van der Waals surface area contributed by atoms with E-state index in [0.717, 1.165) is 13.2 Å². The van der Waals surface area contributed by atoms with Crippen molar-refractivity contribution in [3.05, 3.63) is 59.7 Å². The van der Waals surface area contributed by atoms with Crippen molar-refractivity contribution in [2.24, 2.45) is 5.41 Å². The molecule has 0 aromatic heterocycles. The number of hydrogen-bond donors (Lipinski definition) is 0. The first-order chi connectivity index (χ1) is 8.85. The smallest absolute Gasteiger partial charge is 0.0551 e. The first-order valence-electron chi connectivity index (χ1n) is 6.60. The Hall–Kier alpha value is -1.60. The van der Waals surface area contributed by atoms with E-state index in [1.807, 2.05) is 0 Å². The third-order valence-electron chi connectivity index (χ3n) is 4.26. The monoisotopic (exact) mass is 236 g/mol. The van der Waals surface area contributed by atoms with Gasteiger partial charge in [0.25, 0.3) is 0 Å². The lowest BCUT2D eigenvalue weighted by Crippen LogP contribution is -2.43. The Labute approximate surface area is 107 Å². The van der Waals surface area contributed by atoms with Crippen LogP contribution in [-0.4, -0.2) is 13.2 Å². The van der Waals surface area contributed by atoms with Crippen LogP contribution in [0.3, 0.4) is 0 Å².